The van der Waals surface area contributed by atoms with E-state index in [9.17, 15) is 9.59 Å². The van der Waals surface area contributed by atoms with Gasteiger partial charge in [-0.3, -0.25) is 4.79 Å². The number of carbonyl (C=O) groups is 2. The molecule has 0 fully saturated rings. The fraction of sp³-hybridized carbons (Fsp3) is 0.294. The monoisotopic (exact) mass is 301 g/mol. The summed E-state index contributed by atoms with van der Waals surface area (Å²) in [5, 5.41) is 0. The smallest absolute Gasteiger partial charge is 0.355 e. The van der Waals surface area contributed by atoms with E-state index in [-0.39, 0.29) is 18.9 Å². The minimum Gasteiger partial charge on any atom is -0.489 e. The minimum absolute atomic E-state index is 0.188. The molecule has 0 amide bonds. The molecular weight excluding hydrogens is 282 g/mol. The van der Waals surface area contributed by atoms with E-state index in [0.29, 0.717) is 28.9 Å². The summed E-state index contributed by atoms with van der Waals surface area (Å²) in [4.78, 5) is 25.9. The maximum Gasteiger partial charge on any atom is 0.355 e. The number of hydrogen-bond donors (Lipinski definition) is 1. The first-order valence-electron chi connectivity index (χ1n) is 7.10. The van der Waals surface area contributed by atoms with Gasteiger partial charge in [0.15, 0.2) is 6.29 Å². The summed E-state index contributed by atoms with van der Waals surface area (Å²) < 4.78 is 10.7. The number of esters is 1. The number of aldehydes is 1. The van der Waals surface area contributed by atoms with Crippen molar-refractivity contribution >= 4 is 12.3 Å². The lowest BCUT2D eigenvalue weighted by Crippen LogP contribution is -2.10. The predicted molar refractivity (Wildman–Crippen MR) is 82.4 cm³/mol. The van der Waals surface area contributed by atoms with Gasteiger partial charge in [0, 0.05) is 5.56 Å². The van der Waals surface area contributed by atoms with Gasteiger partial charge in [0.05, 0.1) is 12.3 Å². The summed E-state index contributed by atoms with van der Waals surface area (Å²) in [6.45, 7) is 5.94. The fourth-order valence-corrected chi connectivity index (χ4v) is 2.19. The van der Waals surface area contributed by atoms with Crippen LogP contribution in [0.3, 0.4) is 0 Å². The zero-order chi connectivity index (χ0) is 16.1. The molecule has 1 heterocycles. The average molecular weight is 301 g/mol. The van der Waals surface area contributed by atoms with Crippen LogP contribution in [0, 0.1) is 13.8 Å². The Morgan fingerprint density at radius 3 is 2.73 bits per heavy atom. The van der Waals surface area contributed by atoms with Gasteiger partial charge in [-0.15, -0.1) is 0 Å². The molecule has 2 aromatic rings. The van der Waals surface area contributed by atoms with Crippen molar-refractivity contribution in [3.8, 4) is 5.75 Å². The quantitative estimate of drug-likeness (QED) is 0.657. The molecule has 0 unspecified atom stereocenters. The molecule has 0 saturated carbocycles. The molecule has 5 heteroatoms. The second-order valence-electron chi connectivity index (χ2n) is 4.96. The van der Waals surface area contributed by atoms with Crippen molar-refractivity contribution in [1.82, 2.24) is 4.98 Å². The number of benzene rings is 1. The number of rotatable bonds is 6. The summed E-state index contributed by atoms with van der Waals surface area (Å²) in [7, 11) is 0. The van der Waals surface area contributed by atoms with Crippen LogP contribution in [0.15, 0.2) is 24.3 Å². The molecule has 0 radical (unpaired) electrons. The molecule has 0 atom stereocenters. The largest absolute Gasteiger partial charge is 0.489 e. The Balaban J connectivity index is 2.26. The van der Waals surface area contributed by atoms with Gasteiger partial charge in [-0.2, -0.15) is 0 Å². The highest BCUT2D eigenvalue weighted by atomic mass is 16.5. The standard InChI is InChI=1S/C17H19NO4/c1-4-21-17(20)16-14(12(3)15(9-19)18-16)10-22-13-7-5-6-11(2)8-13/h5-9,18H,4,10H2,1-3H3. The van der Waals surface area contributed by atoms with Crippen LogP contribution in [0.2, 0.25) is 0 Å². The van der Waals surface area contributed by atoms with Crippen molar-refractivity contribution in [2.45, 2.75) is 27.4 Å². The number of carbonyl (C=O) groups excluding carboxylic acids is 2. The molecule has 0 saturated heterocycles. The lowest BCUT2D eigenvalue weighted by atomic mass is 10.1. The molecule has 0 aliphatic heterocycles. The maximum atomic E-state index is 12.0. The molecule has 116 valence electrons. The number of aromatic nitrogens is 1. The van der Waals surface area contributed by atoms with Gasteiger partial charge in [0.25, 0.3) is 0 Å². The Morgan fingerprint density at radius 2 is 2.09 bits per heavy atom. The van der Waals surface area contributed by atoms with Gasteiger partial charge >= 0.3 is 5.97 Å². The number of aryl methyl sites for hydroxylation is 1. The fourth-order valence-electron chi connectivity index (χ4n) is 2.19. The SMILES string of the molecule is CCOC(=O)c1[nH]c(C=O)c(C)c1COc1cccc(C)c1. The second-order valence-corrected chi connectivity index (χ2v) is 4.96. The van der Waals surface area contributed by atoms with Crippen LogP contribution < -0.4 is 4.74 Å². The number of hydrogen-bond acceptors (Lipinski definition) is 4. The summed E-state index contributed by atoms with van der Waals surface area (Å²) in [6.07, 6.45) is 0.689. The number of ether oxygens (including phenoxy) is 2. The molecule has 5 nitrogen and oxygen atoms in total. The zero-order valence-electron chi connectivity index (χ0n) is 12.9. The average Bonchev–Trinajstić information content (AvgIpc) is 2.82. The van der Waals surface area contributed by atoms with Crippen molar-refractivity contribution in [2.75, 3.05) is 6.61 Å². The third-order valence-corrected chi connectivity index (χ3v) is 3.39. The lowest BCUT2D eigenvalue weighted by Gasteiger charge is -2.09. The Morgan fingerprint density at radius 1 is 1.32 bits per heavy atom. The molecule has 22 heavy (non-hydrogen) atoms. The molecule has 0 aliphatic rings. The zero-order valence-corrected chi connectivity index (χ0v) is 12.9. The topological polar surface area (TPSA) is 68.4 Å². The van der Waals surface area contributed by atoms with Crippen molar-refractivity contribution < 1.29 is 19.1 Å². The van der Waals surface area contributed by atoms with Crippen LogP contribution in [0.4, 0.5) is 0 Å². The molecule has 0 aliphatic carbocycles. The third kappa shape index (κ3) is 3.36. The summed E-state index contributed by atoms with van der Waals surface area (Å²) >= 11 is 0. The molecule has 1 aromatic carbocycles. The van der Waals surface area contributed by atoms with E-state index in [1.54, 1.807) is 13.8 Å². The van der Waals surface area contributed by atoms with Gasteiger partial charge in [0.1, 0.15) is 18.1 Å². The Hall–Kier alpha value is -2.56. The summed E-state index contributed by atoms with van der Waals surface area (Å²) in [6, 6.07) is 7.63. The van der Waals surface area contributed by atoms with Crippen molar-refractivity contribution in [1.29, 1.82) is 0 Å². The third-order valence-electron chi connectivity index (χ3n) is 3.39. The minimum atomic E-state index is -0.485. The van der Waals surface area contributed by atoms with Crippen LogP contribution in [-0.4, -0.2) is 23.8 Å². The van der Waals surface area contributed by atoms with E-state index in [1.165, 1.54) is 0 Å². The van der Waals surface area contributed by atoms with Gasteiger partial charge in [-0.1, -0.05) is 12.1 Å². The molecule has 1 N–H and O–H groups in total. The lowest BCUT2D eigenvalue weighted by molar-refractivity contribution is 0.0517. The highest BCUT2D eigenvalue weighted by Crippen LogP contribution is 2.21. The predicted octanol–water partition coefficient (Wildman–Crippen LogP) is 3.20. The van der Waals surface area contributed by atoms with Crippen LogP contribution in [-0.2, 0) is 11.3 Å². The number of H-pyrrole nitrogens is 1. The van der Waals surface area contributed by atoms with Gasteiger partial charge in [0.2, 0.25) is 0 Å². The summed E-state index contributed by atoms with van der Waals surface area (Å²) in [5.74, 6) is 0.226. The highest BCUT2D eigenvalue weighted by Gasteiger charge is 2.21. The second kappa shape index (κ2) is 6.93. The molecular formula is C17H19NO4. The van der Waals surface area contributed by atoms with E-state index < -0.39 is 5.97 Å². The van der Waals surface area contributed by atoms with Crippen molar-refractivity contribution in [3.05, 3.63) is 52.3 Å². The molecule has 1 aromatic heterocycles. The van der Waals surface area contributed by atoms with Crippen LogP contribution in [0.5, 0.6) is 5.75 Å². The van der Waals surface area contributed by atoms with E-state index in [4.69, 9.17) is 9.47 Å². The van der Waals surface area contributed by atoms with Crippen molar-refractivity contribution in [2.24, 2.45) is 0 Å². The first-order valence-corrected chi connectivity index (χ1v) is 7.10. The Bertz CT molecular complexity index is 688. The van der Waals surface area contributed by atoms with Crippen LogP contribution >= 0.6 is 0 Å². The summed E-state index contributed by atoms with van der Waals surface area (Å²) in [5.41, 5.74) is 3.07. The van der Waals surface area contributed by atoms with E-state index in [1.807, 2.05) is 31.2 Å². The Kier molecular flexibility index (Phi) is 4.99. The highest BCUT2D eigenvalue weighted by molar-refractivity contribution is 5.92. The van der Waals surface area contributed by atoms with Crippen LogP contribution in [0.25, 0.3) is 0 Å². The Labute approximate surface area is 129 Å². The normalized spacial score (nSPS) is 10.3. The van der Waals surface area contributed by atoms with E-state index >= 15 is 0 Å². The molecule has 0 spiro atoms. The van der Waals surface area contributed by atoms with E-state index in [0.717, 1.165) is 5.56 Å². The number of nitrogens with one attached hydrogen (secondary N) is 1. The molecule has 0 bridgehead atoms. The molecule has 2 rings (SSSR count). The number of aromatic amines is 1. The van der Waals surface area contributed by atoms with Gasteiger partial charge in [-0.05, 0) is 44.0 Å². The first kappa shape index (κ1) is 15.8. The maximum absolute atomic E-state index is 12.0. The van der Waals surface area contributed by atoms with Gasteiger partial charge < -0.3 is 14.5 Å². The first-order chi connectivity index (χ1) is 10.6. The van der Waals surface area contributed by atoms with Crippen molar-refractivity contribution in [3.63, 3.8) is 0 Å². The van der Waals surface area contributed by atoms with Crippen LogP contribution in [0.1, 0.15) is 44.6 Å². The van der Waals surface area contributed by atoms with E-state index in [2.05, 4.69) is 4.98 Å². The van der Waals surface area contributed by atoms with Gasteiger partial charge in [-0.25, -0.2) is 4.79 Å².